The lowest BCUT2D eigenvalue weighted by atomic mass is 10.1. The van der Waals surface area contributed by atoms with Crippen molar-refractivity contribution in [1.82, 2.24) is 4.31 Å². The van der Waals surface area contributed by atoms with Crippen LogP contribution in [0, 0.1) is 5.41 Å². The number of nitrogens with zero attached hydrogens (tertiary/aromatic N) is 1. The third-order valence-electron chi connectivity index (χ3n) is 4.23. The van der Waals surface area contributed by atoms with Gasteiger partial charge in [0.05, 0.1) is 10.7 Å². The Labute approximate surface area is 125 Å². The molecule has 0 radical (unpaired) electrons. The first-order chi connectivity index (χ1) is 9.98. The highest BCUT2D eigenvalue weighted by atomic mass is 32.2. The largest absolute Gasteiger partial charge is 0.388 e. The SMILES string of the molecule is N=C(N)CCN(C1CC1)S(=O)(=O)c1ccc2c(c1)CCC2. The van der Waals surface area contributed by atoms with Crippen molar-refractivity contribution < 1.29 is 8.42 Å². The second-order valence-corrected chi connectivity index (χ2v) is 7.80. The molecule has 0 atom stereocenters. The molecule has 1 aromatic carbocycles. The minimum atomic E-state index is -3.47. The van der Waals surface area contributed by atoms with E-state index in [2.05, 4.69) is 0 Å². The average molecular weight is 307 g/mol. The molecule has 0 aliphatic heterocycles. The van der Waals surface area contributed by atoms with E-state index in [9.17, 15) is 8.42 Å². The van der Waals surface area contributed by atoms with E-state index in [4.69, 9.17) is 11.1 Å². The Hall–Kier alpha value is -1.40. The van der Waals surface area contributed by atoms with E-state index in [1.807, 2.05) is 12.1 Å². The number of rotatable bonds is 6. The lowest BCUT2D eigenvalue weighted by molar-refractivity contribution is 0.412. The monoisotopic (exact) mass is 307 g/mol. The fraction of sp³-hybridized carbons (Fsp3) is 0.533. The Morgan fingerprint density at radius 2 is 2.00 bits per heavy atom. The fourth-order valence-corrected chi connectivity index (χ4v) is 4.67. The summed E-state index contributed by atoms with van der Waals surface area (Å²) in [5.41, 5.74) is 7.82. The van der Waals surface area contributed by atoms with E-state index >= 15 is 0 Å². The van der Waals surface area contributed by atoms with Gasteiger partial charge in [0, 0.05) is 19.0 Å². The van der Waals surface area contributed by atoms with Crippen LogP contribution in [0.25, 0.3) is 0 Å². The summed E-state index contributed by atoms with van der Waals surface area (Å²) in [5.74, 6) is 0.0322. The molecule has 3 N–H and O–H groups in total. The van der Waals surface area contributed by atoms with Crippen molar-refractivity contribution in [3.05, 3.63) is 29.3 Å². The summed E-state index contributed by atoms with van der Waals surface area (Å²) in [7, 11) is -3.47. The Bertz CT molecular complexity index is 665. The van der Waals surface area contributed by atoms with Gasteiger partial charge in [0.2, 0.25) is 10.0 Å². The van der Waals surface area contributed by atoms with Crippen LogP contribution in [0.5, 0.6) is 0 Å². The van der Waals surface area contributed by atoms with Crippen LogP contribution in [-0.4, -0.2) is 31.1 Å². The number of sulfonamides is 1. The van der Waals surface area contributed by atoms with Gasteiger partial charge in [-0.3, -0.25) is 5.41 Å². The highest BCUT2D eigenvalue weighted by molar-refractivity contribution is 7.89. The van der Waals surface area contributed by atoms with Crippen molar-refractivity contribution in [2.75, 3.05) is 6.54 Å². The van der Waals surface area contributed by atoms with Gasteiger partial charge in [-0.05, 0) is 55.4 Å². The van der Waals surface area contributed by atoms with Gasteiger partial charge in [-0.25, -0.2) is 8.42 Å². The van der Waals surface area contributed by atoms with Gasteiger partial charge < -0.3 is 5.73 Å². The van der Waals surface area contributed by atoms with E-state index in [1.165, 1.54) is 15.4 Å². The van der Waals surface area contributed by atoms with Gasteiger partial charge in [-0.15, -0.1) is 0 Å². The number of nitrogens with one attached hydrogen (secondary N) is 1. The van der Waals surface area contributed by atoms with Gasteiger partial charge in [0.25, 0.3) is 0 Å². The highest BCUT2D eigenvalue weighted by Crippen LogP contribution is 2.33. The smallest absolute Gasteiger partial charge is 0.243 e. The number of hydrogen-bond acceptors (Lipinski definition) is 3. The van der Waals surface area contributed by atoms with Crippen LogP contribution in [0.1, 0.15) is 36.8 Å². The fourth-order valence-electron chi connectivity index (χ4n) is 2.94. The predicted octanol–water partition coefficient (Wildman–Crippen LogP) is 1.65. The highest BCUT2D eigenvalue weighted by Gasteiger charge is 2.38. The van der Waals surface area contributed by atoms with Crippen molar-refractivity contribution >= 4 is 15.9 Å². The Morgan fingerprint density at radius 3 is 2.67 bits per heavy atom. The molecule has 114 valence electrons. The molecule has 0 spiro atoms. The lowest BCUT2D eigenvalue weighted by Crippen LogP contribution is -2.35. The van der Waals surface area contributed by atoms with E-state index in [-0.39, 0.29) is 11.9 Å². The van der Waals surface area contributed by atoms with Crippen LogP contribution in [0.15, 0.2) is 23.1 Å². The second kappa shape index (κ2) is 5.42. The van der Waals surface area contributed by atoms with E-state index in [0.29, 0.717) is 17.9 Å². The molecule has 0 amide bonds. The number of fused-ring (bicyclic) bond motifs is 1. The Kier molecular flexibility index (Phi) is 3.75. The minimum absolute atomic E-state index is 0.0322. The average Bonchev–Trinajstić information content (AvgIpc) is 3.14. The van der Waals surface area contributed by atoms with Crippen LogP contribution >= 0.6 is 0 Å². The van der Waals surface area contributed by atoms with Crippen LogP contribution in [0.2, 0.25) is 0 Å². The quantitative estimate of drug-likeness (QED) is 0.619. The van der Waals surface area contributed by atoms with Crippen LogP contribution in [-0.2, 0) is 22.9 Å². The Morgan fingerprint density at radius 1 is 1.29 bits per heavy atom. The molecule has 21 heavy (non-hydrogen) atoms. The molecular formula is C15H21N3O2S. The van der Waals surface area contributed by atoms with Gasteiger partial charge in [0.1, 0.15) is 0 Å². The molecule has 6 heteroatoms. The molecule has 3 rings (SSSR count). The van der Waals surface area contributed by atoms with Crippen LogP contribution < -0.4 is 5.73 Å². The molecule has 2 aliphatic rings. The second-order valence-electron chi connectivity index (χ2n) is 5.91. The number of amidine groups is 1. The summed E-state index contributed by atoms with van der Waals surface area (Å²) < 4.78 is 27.2. The molecule has 1 aromatic rings. The molecule has 1 fully saturated rings. The normalized spacial score (nSPS) is 18.0. The zero-order valence-electron chi connectivity index (χ0n) is 12.0. The number of benzene rings is 1. The molecule has 0 unspecified atom stereocenters. The van der Waals surface area contributed by atoms with E-state index in [1.54, 1.807) is 6.07 Å². The standard InChI is InChI=1S/C15H21N3O2S/c16-15(17)8-9-18(13-5-6-13)21(19,20)14-7-4-11-2-1-3-12(11)10-14/h4,7,10,13H,1-3,5-6,8-9H2,(H3,16,17). The van der Waals surface area contributed by atoms with E-state index in [0.717, 1.165) is 32.1 Å². The van der Waals surface area contributed by atoms with Crippen molar-refractivity contribution in [2.45, 2.75) is 49.5 Å². The molecule has 0 heterocycles. The molecule has 0 saturated heterocycles. The maximum Gasteiger partial charge on any atom is 0.243 e. The summed E-state index contributed by atoms with van der Waals surface area (Å²) in [4.78, 5) is 0.388. The van der Waals surface area contributed by atoms with Gasteiger partial charge in [-0.1, -0.05) is 6.07 Å². The summed E-state index contributed by atoms with van der Waals surface area (Å²) in [6, 6.07) is 5.59. The Balaban J connectivity index is 1.88. The van der Waals surface area contributed by atoms with Crippen LogP contribution in [0.4, 0.5) is 0 Å². The first-order valence-electron chi connectivity index (χ1n) is 7.45. The predicted molar refractivity (Wildman–Crippen MR) is 81.9 cm³/mol. The molecule has 2 aliphatic carbocycles. The number of nitrogens with two attached hydrogens (primary N) is 1. The lowest BCUT2D eigenvalue weighted by Gasteiger charge is -2.22. The number of aryl methyl sites for hydroxylation is 2. The third-order valence-corrected chi connectivity index (χ3v) is 6.18. The summed E-state index contributed by atoms with van der Waals surface area (Å²) in [5, 5.41) is 7.31. The zero-order valence-corrected chi connectivity index (χ0v) is 12.8. The summed E-state index contributed by atoms with van der Waals surface area (Å²) in [6.45, 7) is 0.305. The molecule has 0 aromatic heterocycles. The zero-order chi connectivity index (χ0) is 15.0. The third kappa shape index (κ3) is 2.96. The van der Waals surface area contributed by atoms with Crippen molar-refractivity contribution in [3.8, 4) is 0 Å². The molecular weight excluding hydrogens is 286 g/mol. The van der Waals surface area contributed by atoms with Crippen LogP contribution in [0.3, 0.4) is 0 Å². The minimum Gasteiger partial charge on any atom is -0.388 e. The van der Waals surface area contributed by atoms with E-state index < -0.39 is 10.0 Å². The van der Waals surface area contributed by atoms with Crippen molar-refractivity contribution in [2.24, 2.45) is 5.73 Å². The van der Waals surface area contributed by atoms with Gasteiger partial charge in [0.15, 0.2) is 0 Å². The first-order valence-corrected chi connectivity index (χ1v) is 8.89. The first kappa shape index (κ1) is 14.5. The topological polar surface area (TPSA) is 87.2 Å². The van der Waals surface area contributed by atoms with Gasteiger partial charge in [-0.2, -0.15) is 4.31 Å². The molecule has 1 saturated carbocycles. The number of hydrogen-bond donors (Lipinski definition) is 2. The van der Waals surface area contributed by atoms with Gasteiger partial charge >= 0.3 is 0 Å². The molecule has 0 bridgehead atoms. The van der Waals surface area contributed by atoms with Crippen molar-refractivity contribution in [1.29, 1.82) is 5.41 Å². The maximum absolute atomic E-state index is 12.8. The summed E-state index contributed by atoms with van der Waals surface area (Å²) >= 11 is 0. The maximum atomic E-state index is 12.8. The van der Waals surface area contributed by atoms with Crippen molar-refractivity contribution in [3.63, 3.8) is 0 Å². The summed E-state index contributed by atoms with van der Waals surface area (Å²) in [6.07, 6.45) is 5.22. The molecule has 5 nitrogen and oxygen atoms in total.